The second-order valence-corrected chi connectivity index (χ2v) is 23.8. The summed E-state index contributed by atoms with van der Waals surface area (Å²) in [5, 5.41) is 111. The van der Waals surface area contributed by atoms with Gasteiger partial charge in [-0.15, -0.1) is 0 Å². The molecule has 4 aromatic carbocycles. The van der Waals surface area contributed by atoms with Gasteiger partial charge in [0, 0.05) is 145 Å². The van der Waals surface area contributed by atoms with Crippen LogP contribution in [0.5, 0.6) is 46.0 Å². The van der Waals surface area contributed by atoms with Crippen LogP contribution in [0.2, 0.25) is 0 Å². The highest BCUT2D eigenvalue weighted by Gasteiger charge is 2.29. The van der Waals surface area contributed by atoms with Crippen LogP contribution < -0.4 is 42.5 Å². The number of amides is 8. The minimum absolute atomic E-state index is 0.00391. The molecule has 0 spiro atoms. The van der Waals surface area contributed by atoms with Crippen LogP contribution in [0.15, 0.2) is 48.5 Å². The molecule has 0 fully saturated rings. The standard InChI is InChI=1S/C67H96N12O22/c1-42(2)51-41-79(26-19-74-66(94)48-10-9-47(56(84)57(48)85)64(92)72-17-24-78(30-32-99-38-40-101-36-34-97-4)25-18-73-65(93)49-11-12-50(67(95)75-51)59(87)58(49)86)28-27-76-20-13-68-60(88)43-5-7-45(54(82)52(43)80)62(90)70-15-22-77(29-31-98-37-39-100-35-33-96-3)23-16-71-63(91)46-8-6-44(53(81)55(46)83)61(89)69-14-21-76/h5-12,42,51,80-87H,13-41H2,1-4H3,(H,68,88)(H,69,89)(H,70,90)(H,71,91)(H,72,92)(H,73,93)(H,74,94)(H,75,95). The average molecular weight is 1420 g/mol. The van der Waals surface area contributed by atoms with Crippen LogP contribution in [0.25, 0.3) is 0 Å². The van der Waals surface area contributed by atoms with Crippen LogP contribution in [0, 0.1) is 5.92 Å². The van der Waals surface area contributed by atoms with E-state index >= 15 is 0 Å². The van der Waals surface area contributed by atoms with Crippen molar-refractivity contribution in [3.63, 3.8) is 0 Å². The fourth-order valence-electron chi connectivity index (χ4n) is 10.6. The van der Waals surface area contributed by atoms with E-state index in [1.54, 1.807) is 33.0 Å². The first-order chi connectivity index (χ1) is 48.6. The summed E-state index contributed by atoms with van der Waals surface area (Å²) in [5.74, 6) is -13.8. The Hall–Kier alpha value is -9.36. The Labute approximate surface area is 584 Å². The molecule has 0 aliphatic carbocycles. The first-order valence-electron chi connectivity index (χ1n) is 33.2. The lowest BCUT2D eigenvalue weighted by Gasteiger charge is -2.32. The lowest BCUT2D eigenvalue weighted by Crippen LogP contribution is -2.50. The van der Waals surface area contributed by atoms with E-state index < -0.39 is 99.3 Å². The van der Waals surface area contributed by atoms with Crippen LogP contribution >= 0.6 is 0 Å². The average Bonchev–Trinajstić information content (AvgIpc) is 0.863. The fraction of sp³-hybridized carbons (Fsp3) is 0.522. The van der Waals surface area contributed by atoms with Crippen molar-refractivity contribution in [2.75, 3.05) is 205 Å². The maximum atomic E-state index is 14.2. The number of ether oxygens (including phenoxy) is 6. The third-order valence-electron chi connectivity index (χ3n) is 16.6. The summed E-state index contributed by atoms with van der Waals surface area (Å²) in [6.45, 7) is 8.26. The number of carbonyl (C=O) groups excluding carboxylic acids is 8. The topological polar surface area (TPSA) is 463 Å². The molecule has 16 N–H and O–H groups in total. The molecule has 556 valence electrons. The quantitative estimate of drug-likeness (QED) is 0.0328. The van der Waals surface area contributed by atoms with Crippen molar-refractivity contribution in [2.24, 2.45) is 5.92 Å². The van der Waals surface area contributed by atoms with Crippen molar-refractivity contribution in [3.05, 3.63) is 93.0 Å². The van der Waals surface area contributed by atoms with E-state index in [1.807, 2.05) is 14.7 Å². The maximum absolute atomic E-state index is 14.2. The van der Waals surface area contributed by atoms with Crippen molar-refractivity contribution in [2.45, 2.75) is 19.9 Å². The van der Waals surface area contributed by atoms with Gasteiger partial charge in [0.05, 0.1) is 111 Å². The number of rotatable bonds is 22. The van der Waals surface area contributed by atoms with Gasteiger partial charge in [-0.05, 0) is 54.4 Å². The highest BCUT2D eigenvalue weighted by atomic mass is 16.5. The second-order valence-electron chi connectivity index (χ2n) is 23.8. The van der Waals surface area contributed by atoms with E-state index in [0.29, 0.717) is 52.7 Å². The summed E-state index contributed by atoms with van der Waals surface area (Å²) in [6.07, 6.45) is 0. The van der Waals surface area contributed by atoms with E-state index in [9.17, 15) is 79.2 Å². The minimum Gasteiger partial charge on any atom is -0.504 e. The molecule has 8 bridgehead atoms. The largest absolute Gasteiger partial charge is 0.504 e. The predicted octanol–water partition coefficient (Wildman–Crippen LogP) is -1.11. The summed E-state index contributed by atoms with van der Waals surface area (Å²) < 4.78 is 32.3. The van der Waals surface area contributed by atoms with Crippen LogP contribution in [-0.4, -0.2) is 318 Å². The third-order valence-corrected chi connectivity index (χ3v) is 16.6. The van der Waals surface area contributed by atoms with Crippen molar-refractivity contribution in [3.8, 4) is 46.0 Å². The minimum atomic E-state index is -0.874. The molecule has 12 rings (SSSR count). The Morgan fingerprint density at radius 2 is 0.525 bits per heavy atom. The maximum Gasteiger partial charge on any atom is 0.255 e. The van der Waals surface area contributed by atoms with E-state index in [4.69, 9.17) is 28.4 Å². The number of phenolic OH excluding ortho intramolecular Hbond substituents is 8. The molecule has 8 aliphatic rings. The molecule has 0 aromatic heterocycles. The van der Waals surface area contributed by atoms with Gasteiger partial charge in [-0.2, -0.15) is 0 Å². The summed E-state index contributed by atoms with van der Waals surface area (Å²) in [6, 6.07) is 8.64. The summed E-state index contributed by atoms with van der Waals surface area (Å²) in [5.41, 5.74) is -2.83. The molecule has 1 atom stereocenters. The lowest BCUT2D eigenvalue weighted by atomic mass is 10.0. The zero-order valence-electron chi connectivity index (χ0n) is 57.4. The fourth-order valence-corrected chi connectivity index (χ4v) is 10.6. The van der Waals surface area contributed by atoms with Gasteiger partial charge in [0.15, 0.2) is 46.0 Å². The first kappa shape index (κ1) is 80.6. The molecule has 0 saturated heterocycles. The van der Waals surface area contributed by atoms with Gasteiger partial charge in [0.2, 0.25) is 0 Å². The highest BCUT2D eigenvalue weighted by Crippen LogP contribution is 2.36. The lowest BCUT2D eigenvalue weighted by molar-refractivity contribution is 0.0196. The Kier molecular flexibility index (Phi) is 33.5. The molecule has 0 saturated carbocycles. The van der Waals surface area contributed by atoms with Crippen LogP contribution in [-0.2, 0) is 28.4 Å². The van der Waals surface area contributed by atoms with E-state index in [1.165, 1.54) is 48.5 Å². The molecule has 8 heterocycles. The molecule has 4 aromatic rings. The number of nitrogens with one attached hydrogen (secondary N) is 8. The smallest absolute Gasteiger partial charge is 0.255 e. The number of methoxy groups -OCH3 is 2. The number of phenols is 8. The van der Waals surface area contributed by atoms with Crippen LogP contribution in [0.4, 0.5) is 0 Å². The normalized spacial score (nSPS) is 17.5. The zero-order valence-corrected chi connectivity index (χ0v) is 57.4. The Bertz CT molecular complexity index is 3340. The van der Waals surface area contributed by atoms with Crippen molar-refractivity contribution < 1.29 is 108 Å². The summed E-state index contributed by atoms with van der Waals surface area (Å²) >= 11 is 0. The molecule has 8 amide bonds. The van der Waals surface area contributed by atoms with E-state index in [2.05, 4.69) is 42.5 Å². The van der Waals surface area contributed by atoms with Gasteiger partial charge in [-0.1, -0.05) is 13.8 Å². The second kappa shape index (κ2) is 42.0. The molecular formula is C67H96N12O22. The zero-order chi connectivity index (χ0) is 73.4. The van der Waals surface area contributed by atoms with Gasteiger partial charge in [0.25, 0.3) is 47.3 Å². The number of aromatic hydroxyl groups is 8. The summed E-state index contributed by atoms with van der Waals surface area (Å²) in [4.78, 5) is 117. The van der Waals surface area contributed by atoms with Gasteiger partial charge in [-0.3, -0.25) is 58.0 Å². The predicted molar refractivity (Wildman–Crippen MR) is 364 cm³/mol. The monoisotopic (exact) mass is 1420 g/mol. The third kappa shape index (κ3) is 24.7. The number of nitrogens with zero attached hydrogens (tertiary/aromatic N) is 4. The SMILES string of the molecule is COCCOCCOCCN1CCNC(=O)c2ccc(c(O)c2O)C(=O)NCCN(CCN2CCNC(=O)c3ccc(c(O)c3O)C(=O)NCCN(CCOCCOCCOC)CCNC(=O)c3ccc(c(O)c3O)C(=O)NC(C(C)C)C2)CCNC(=O)c2ccc(c(O)c2O)C(=O)NCC1. The van der Waals surface area contributed by atoms with Crippen molar-refractivity contribution in [1.29, 1.82) is 0 Å². The number of carbonyl (C=O) groups is 8. The highest BCUT2D eigenvalue weighted by molar-refractivity contribution is 6.06. The first-order valence-corrected chi connectivity index (χ1v) is 33.2. The van der Waals surface area contributed by atoms with Crippen LogP contribution in [0.1, 0.15) is 96.7 Å². The molecule has 34 nitrogen and oxygen atoms in total. The Balaban J connectivity index is 1.23. The van der Waals surface area contributed by atoms with Crippen LogP contribution in [0.3, 0.4) is 0 Å². The summed E-state index contributed by atoms with van der Waals surface area (Å²) in [7, 11) is 3.11. The van der Waals surface area contributed by atoms with Gasteiger partial charge in [0.1, 0.15) is 0 Å². The Morgan fingerprint density at radius 1 is 0.317 bits per heavy atom. The van der Waals surface area contributed by atoms with Crippen molar-refractivity contribution >= 4 is 47.3 Å². The van der Waals surface area contributed by atoms with E-state index in [0.717, 1.165) is 0 Å². The molecule has 1 unspecified atom stereocenters. The number of hydrogen-bond donors (Lipinski definition) is 16. The molecule has 34 heteroatoms. The van der Waals surface area contributed by atoms with Gasteiger partial charge < -0.3 is 112 Å². The number of benzene rings is 4. The number of hydrogen-bond acceptors (Lipinski definition) is 26. The Morgan fingerprint density at radius 3 is 0.772 bits per heavy atom. The molecular weight excluding hydrogens is 1320 g/mol. The van der Waals surface area contributed by atoms with Gasteiger partial charge >= 0.3 is 0 Å². The molecule has 8 aliphatic heterocycles. The van der Waals surface area contributed by atoms with Gasteiger partial charge in [-0.25, -0.2) is 0 Å². The molecule has 0 radical (unpaired) electrons. The van der Waals surface area contributed by atoms with Crippen molar-refractivity contribution in [1.82, 2.24) is 62.1 Å². The van der Waals surface area contributed by atoms with E-state index in [-0.39, 0.29) is 188 Å². The molecule has 101 heavy (non-hydrogen) atoms.